The summed E-state index contributed by atoms with van der Waals surface area (Å²) in [5, 5.41) is 0. The molecule has 412 valence electrons. The molecule has 0 aliphatic rings. The van der Waals surface area contributed by atoms with Crippen LogP contribution < -0.4 is 0 Å². The standard InChI is InChI=1S/C61H109NO9/c1-6-11-14-17-20-23-26-28-30-32-34-37-40-43-46-50-58(63)68-54-56(55-69-59(64)51-47-44-41-38-35-33-31-29-27-24-21-18-15-12-7-2)70-60(65)57(49-45-42-39-36-25-22-19-16-13-8-3)71-61(66)67-53-48-52-62(9-4)10-5/h20-21,23-24,28-31,56-57H,6-19,22,25-27,32-55H2,1-5H3/b23-20-,24-21-,30-28-,31-29-. The van der Waals surface area contributed by atoms with Crippen LogP contribution in [0.5, 0.6) is 0 Å². The number of esters is 3. The summed E-state index contributed by atoms with van der Waals surface area (Å²) < 4.78 is 28.1. The van der Waals surface area contributed by atoms with Crippen molar-refractivity contribution in [2.75, 3.05) is 39.5 Å². The molecule has 0 radical (unpaired) electrons. The van der Waals surface area contributed by atoms with Gasteiger partial charge in [-0.15, -0.1) is 0 Å². The zero-order valence-corrected chi connectivity index (χ0v) is 46.6. The van der Waals surface area contributed by atoms with Crippen LogP contribution in [0.2, 0.25) is 0 Å². The quantitative estimate of drug-likeness (QED) is 0.0252. The van der Waals surface area contributed by atoms with Gasteiger partial charge in [0.25, 0.3) is 0 Å². The Hall–Kier alpha value is -3.40. The predicted octanol–water partition coefficient (Wildman–Crippen LogP) is 17.2. The second-order valence-electron chi connectivity index (χ2n) is 19.4. The number of allylic oxidation sites excluding steroid dienone is 8. The SMILES string of the molecule is CCCCC/C=C\C/C=C\CCCCCCCC(=O)OCC(COC(=O)CCCCCCC/C=C\C/C=C\CCCCC)OC(=O)C(CCCCCCCCCCCC)OC(=O)OCCCN(CC)CC. The molecule has 0 amide bonds. The number of hydrogen-bond acceptors (Lipinski definition) is 10. The molecule has 0 heterocycles. The first-order valence-electron chi connectivity index (χ1n) is 29.5. The smallest absolute Gasteiger partial charge is 0.462 e. The molecule has 0 bridgehead atoms. The molecule has 71 heavy (non-hydrogen) atoms. The third-order valence-electron chi connectivity index (χ3n) is 12.9. The largest absolute Gasteiger partial charge is 0.509 e. The Morgan fingerprint density at radius 3 is 1.23 bits per heavy atom. The summed E-state index contributed by atoms with van der Waals surface area (Å²) in [4.78, 5) is 54.7. The molecule has 0 aromatic rings. The minimum Gasteiger partial charge on any atom is -0.462 e. The van der Waals surface area contributed by atoms with Crippen molar-refractivity contribution in [3.05, 3.63) is 48.6 Å². The first kappa shape index (κ1) is 67.6. The van der Waals surface area contributed by atoms with Crippen LogP contribution in [0.3, 0.4) is 0 Å². The molecular weight excluding hydrogens is 891 g/mol. The van der Waals surface area contributed by atoms with Gasteiger partial charge in [0, 0.05) is 19.4 Å². The third-order valence-corrected chi connectivity index (χ3v) is 12.9. The molecule has 0 spiro atoms. The molecule has 10 nitrogen and oxygen atoms in total. The van der Waals surface area contributed by atoms with E-state index in [1.807, 2.05) is 0 Å². The number of hydrogen-bond donors (Lipinski definition) is 0. The summed E-state index contributed by atoms with van der Waals surface area (Å²) in [5.74, 6) is -1.54. The monoisotopic (exact) mass is 1000 g/mol. The lowest BCUT2D eigenvalue weighted by atomic mass is 10.0. The van der Waals surface area contributed by atoms with E-state index in [1.165, 1.54) is 89.9 Å². The van der Waals surface area contributed by atoms with Gasteiger partial charge in [-0.25, -0.2) is 9.59 Å². The van der Waals surface area contributed by atoms with Crippen molar-refractivity contribution in [2.45, 2.75) is 278 Å². The molecule has 0 saturated heterocycles. The highest BCUT2D eigenvalue weighted by Crippen LogP contribution is 2.17. The Morgan fingerprint density at radius 1 is 0.408 bits per heavy atom. The lowest BCUT2D eigenvalue weighted by molar-refractivity contribution is -0.174. The fourth-order valence-electron chi connectivity index (χ4n) is 8.21. The minimum absolute atomic E-state index is 0.174. The van der Waals surface area contributed by atoms with Gasteiger partial charge in [-0.3, -0.25) is 9.59 Å². The first-order valence-corrected chi connectivity index (χ1v) is 29.5. The summed E-state index contributed by atoms with van der Waals surface area (Å²) in [6.07, 6.45) is 51.5. The van der Waals surface area contributed by atoms with Crippen LogP contribution in [-0.2, 0) is 38.1 Å². The number of ether oxygens (including phenoxy) is 5. The van der Waals surface area contributed by atoms with Gasteiger partial charge in [-0.05, 0) is 109 Å². The molecule has 0 fully saturated rings. The van der Waals surface area contributed by atoms with Crippen molar-refractivity contribution in [2.24, 2.45) is 0 Å². The Balaban J connectivity index is 5.25. The maximum atomic E-state index is 13.8. The van der Waals surface area contributed by atoms with Crippen LogP contribution in [-0.4, -0.2) is 80.6 Å². The highest BCUT2D eigenvalue weighted by Gasteiger charge is 2.29. The summed E-state index contributed by atoms with van der Waals surface area (Å²) in [5.41, 5.74) is 0. The van der Waals surface area contributed by atoms with E-state index in [9.17, 15) is 19.2 Å². The van der Waals surface area contributed by atoms with E-state index in [0.717, 1.165) is 116 Å². The van der Waals surface area contributed by atoms with Gasteiger partial charge >= 0.3 is 24.1 Å². The van der Waals surface area contributed by atoms with E-state index < -0.39 is 24.3 Å². The Kier molecular flexibility index (Phi) is 51.8. The highest BCUT2D eigenvalue weighted by molar-refractivity contribution is 5.77. The lowest BCUT2D eigenvalue weighted by Gasteiger charge is -2.22. The maximum absolute atomic E-state index is 13.8. The number of carbonyl (C=O) groups is 4. The van der Waals surface area contributed by atoms with E-state index in [4.69, 9.17) is 23.7 Å². The van der Waals surface area contributed by atoms with Gasteiger partial charge in [0.1, 0.15) is 13.2 Å². The molecule has 1 atom stereocenters. The Labute approximate surface area is 436 Å². The number of nitrogens with zero attached hydrogens (tertiary/aromatic N) is 1. The van der Waals surface area contributed by atoms with Crippen LogP contribution in [0.1, 0.15) is 266 Å². The zero-order chi connectivity index (χ0) is 51.9. The van der Waals surface area contributed by atoms with Gasteiger partial charge in [0.05, 0.1) is 6.61 Å². The van der Waals surface area contributed by atoms with Crippen molar-refractivity contribution < 1.29 is 42.9 Å². The molecule has 0 saturated carbocycles. The van der Waals surface area contributed by atoms with Crippen LogP contribution >= 0.6 is 0 Å². The second kappa shape index (κ2) is 54.4. The van der Waals surface area contributed by atoms with Crippen molar-refractivity contribution >= 4 is 24.1 Å². The topological polar surface area (TPSA) is 118 Å². The normalized spacial score (nSPS) is 12.3. The van der Waals surface area contributed by atoms with Gasteiger partial charge in [0.2, 0.25) is 6.10 Å². The predicted molar refractivity (Wildman–Crippen MR) is 296 cm³/mol. The maximum Gasteiger partial charge on any atom is 0.509 e. The number of carbonyl (C=O) groups excluding carboxylic acids is 4. The average molecular weight is 1000 g/mol. The molecule has 0 N–H and O–H groups in total. The van der Waals surface area contributed by atoms with E-state index >= 15 is 0 Å². The summed E-state index contributed by atoms with van der Waals surface area (Å²) in [6, 6.07) is 0. The van der Waals surface area contributed by atoms with E-state index in [1.54, 1.807) is 0 Å². The number of rotatable bonds is 52. The van der Waals surface area contributed by atoms with Crippen molar-refractivity contribution in [1.29, 1.82) is 0 Å². The fraction of sp³-hybridized carbons (Fsp3) is 0.803. The summed E-state index contributed by atoms with van der Waals surface area (Å²) in [6.45, 7) is 13.1. The van der Waals surface area contributed by atoms with E-state index in [0.29, 0.717) is 25.7 Å². The summed E-state index contributed by atoms with van der Waals surface area (Å²) >= 11 is 0. The summed E-state index contributed by atoms with van der Waals surface area (Å²) in [7, 11) is 0. The molecule has 10 heteroatoms. The van der Waals surface area contributed by atoms with Crippen molar-refractivity contribution in [3.63, 3.8) is 0 Å². The highest BCUT2D eigenvalue weighted by atomic mass is 16.7. The fourth-order valence-corrected chi connectivity index (χ4v) is 8.21. The third kappa shape index (κ3) is 48.6. The van der Waals surface area contributed by atoms with Crippen LogP contribution in [0.4, 0.5) is 4.79 Å². The molecule has 0 aliphatic heterocycles. The van der Waals surface area contributed by atoms with Crippen LogP contribution in [0, 0.1) is 0 Å². The van der Waals surface area contributed by atoms with Crippen molar-refractivity contribution in [1.82, 2.24) is 4.90 Å². The van der Waals surface area contributed by atoms with Crippen LogP contribution in [0.15, 0.2) is 48.6 Å². The first-order chi connectivity index (χ1) is 34.8. The van der Waals surface area contributed by atoms with Crippen LogP contribution in [0.25, 0.3) is 0 Å². The van der Waals surface area contributed by atoms with Gasteiger partial charge < -0.3 is 28.6 Å². The zero-order valence-electron chi connectivity index (χ0n) is 46.6. The van der Waals surface area contributed by atoms with Gasteiger partial charge in [-0.2, -0.15) is 0 Å². The molecule has 0 aromatic carbocycles. The average Bonchev–Trinajstić information content (AvgIpc) is 3.37. The molecule has 0 aliphatic carbocycles. The van der Waals surface area contributed by atoms with Crippen molar-refractivity contribution in [3.8, 4) is 0 Å². The van der Waals surface area contributed by atoms with E-state index in [-0.39, 0.29) is 51.0 Å². The minimum atomic E-state index is -1.20. The molecule has 1 unspecified atom stereocenters. The van der Waals surface area contributed by atoms with Gasteiger partial charge in [0.15, 0.2) is 6.10 Å². The molecule has 0 rings (SSSR count). The Morgan fingerprint density at radius 2 is 0.789 bits per heavy atom. The Bertz CT molecular complexity index is 1280. The second-order valence-corrected chi connectivity index (χ2v) is 19.4. The number of unbranched alkanes of at least 4 members (excludes halogenated alkanes) is 25. The molecular formula is C61H109NO9. The van der Waals surface area contributed by atoms with E-state index in [2.05, 4.69) is 88.1 Å². The lowest BCUT2D eigenvalue weighted by Crippen LogP contribution is -2.37. The molecule has 0 aromatic heterocycles. The van der Waals surface area contributed by atoms with Gasteiger partial charge in [-0.1, -0.05) is 205 Å².